The van der Waals surface area contributed by atoms with E-state index in [1.54, 1.807) is 25.1 Å². The van der Waals surface area contributed by atoms with Gasteiger partial charge < -0.3 is 10.6 Å². The van der Waals surface area contributed by atoms with Gasteiger partial charge in [-0.3, -0.25) is 4.79 Å². The third kappa shape index (κ3) is 3.73. The maximum Gasteiger partial charge on any atom is 0.236 e. The molecule has 19 heavy (non-hydrogen) atoms. The minimum Gasteiger partial charge on any atom is -0.393 e. The zero-order valence-corrected chi connectivity index (χ0v) is 12.0. The third-order valence-corrected chi connectivity index (χ3v) is 3.23. The lowest BCUT2D eigenvalue weighted by Crippen LogP contribution is -2.41. The lowest BCUT2D eigenvalue weighted by atomic mass is 10.0. The summed E-state index contributed by atoms with van der Waals surface area (Å²) in [4.78, 5) is 14.0. The van der Waals surface area contributed by atoms with Crippen molar-refractivity contribution in [3.05, 3.63) is 30.1 Å². The molecule has 104 valence electrons. The molecule has 3 nitrogen and oxygen atoms in total. The number of thiocarbonyl (C=S) groups is 1. The molecule has 1 atom stereocenters. The molecule has 0 heterocycles. The zero-order valence-electron chi connectivity index (χ0n) is 11.2. The van der Waals surface area contributed by atoms with Crippen LogP contribution in [0.1, 0.15) is 26.7 Å². The summed E-state index contributed by atoms with van der Waals surface area (Å²) in [5.41, 5.74) is 5.89. The average molecular weight is 282 g/mol. The van der Waals surface area contributed by atoms with E-state index in [1.807, 2.05) is 6.92 Å². The van der Waals surface area contributed by atoms with Crippen LogP contribution in [0.4, 0.5) is 10.1 Å². The van der Waals surface area contributed by atoms with Crippen LogP contribution in [-0.4, -0.2) is 17.4 Å². The van der Waals surface area contributed by atoms with Crippen molar-refractivity contribution in [1.29, 1.82) is 0 Å². The summed E-state index contributed by atoms with van der Waals surface area (Å²) in [5.74, 6) is -1.18. The highest BCUT2D eigenvalue weighted by molar-refractivity contribution is 7.80. The molecule has 1 unspecified atom stereocenters. The highest BCUT2D eigenvalue weighted by Crippen LogP contribution is 2.22. The number of carbonyl (C=O) groups is 1. The van der Waals surface area contributed by atoms with Crippen LogP contribution in [0, 0.1) is 11.7 Å². The van der Waals surface area contributed by atoms with Gasteiger partial charge in [-0.15, -0.1) is 0 Å². The van der Waals surface area contributed by atoms with E-state index in [0.29, 0.717) is 13.0 Å². The molecule has 1 aromatic rings. The molecule has 0 fully saturated rings. The summed E-state index contributed by atoms with van der Waals surface area (Å²) in [6.45, 7) is 4.13. The van der Waals surface area contributed by atoms with Crippen molar-refractivity contribution < 1.29 is 9.18 Å². The minimum absolute atomic E-state index is 0.168. The smallest absolute Gasteiger partial charge is 0.236 e. The van der Waals surface area contributed by atoms with Crippen molar-refractivity contribution >= 4 is 28.8 Å². The van der Waals surface area contributed by atoms with Gasteiger partial charge in [-0.25, -0.2) is 4.39 Å². The van der Waals surface area contributed by atoms with Crippen molar-refractivity contribution in [1.82, 2.24) is 0 Å². The normalized spacial score (nSPS) is 11.9. The van der Waals surface area contributed by atoms with Crippen LogP contribution in [0.3, 0.4) is 0 Å². The van der Waals surface area contributed by atoms with Gasteiger partial charge in [-0.05, 0) is 25.5 Å². The second-order valence-corrected chi connectivity index (χ2v) is 4.75. The second-order valence-electron chi connectivity index (χ2n) is 4.28. The largest absolute Gasteiger partial charge is 0.393 e. The van der Waals surface area contributed by atoms with Gasteiger partial charge in [-0.1, -0.05) is 37.7 Å². The van der Waals surface area contributed by atoms with Gasteiger partial charge in [0, 0.05) is 6.54 Å². The maximum absolute atomic E-state index is 13.8. The number of amides is 1. The van der Waals surface area contributed by atoms with E-state index in [2.05, 4.69) is 0 Å². The predicted octanol–water partition coefficient (Wildman–Crippen LogP) is 2.88. The number of nitrogens with two attached hydrogens (primary N) is 1. The molecule has 0 aliphatic heterocycles. The Morgan fingerprint density at radius 1 is 1.42 bits per heavy atom. The van der Waals surface area contributed by atoms with E-state index < -0.39 is 11.7 Å². The molecule has 0 saturated heterocycles. The maximum atomic E-state index is 13.8. The number of rotatable bonds is 6. The Hall–Kier alpha value is -1.49. The Balaban J connectivity index is 3.06. The summed E-state index contributed by atoms with van der Waals surface area (Å²) in [6.07, 6.45) is 1.38. The van der Waals surface area contributed by atoms with Gasteiger partial charge in [0.2, 0.25) is 5.91 Å². The van der Waals surface area contributed by atoms with E-state index in [-0.39, 0.29) is 16.6 Å². The van der Waals surface area contributed by atoms with Crippen molar-refractivity contribution in [3.8, 4) is 0 Å². The molecule has 0 aliphatic rings. The molecule has 1 aromatic carbocycles. The molecule has 0 saturated carbocycles. The van der Waals surface area contributed by atoms with Gasteiger partial charge >= 0.3 is 0 Å². The highest BCUT2D eigenvalue weighted by atomic mass is 32.1. The molecular formula is C14H19FN2OS. The molecule has 2 N–H and O–H groups in total. The standard InChI is InChI=1S/C14H19FN2OS/c1-3-7-10(13(16)19)14(18)17(4-2)12-9-6-5-8-11(12)15/h5-6,8-10H,3-4,7H2,1-2H3,(H2,16,19). The molecule has 0 bridgehead atoms. The van der Waals surface area contributed by atoms with Gasteiger partial charge in [0.05, 0.1) is 16.6 Å². The van der Waals surface area contributed by atoms with Crippen molar-refractivity contribution in [3.63, 3.8) is 0 Å². The number of hydrogen-bond acceptors (Lipinski definition) is 2. The molecule has 0 aromatic heterocycles. The van der Waals surface area contributed by atoms with E-state index in [9.17, 15) is 9.18 Å². The molecule has 0 radical (unpaired) electrons. The van der Waals surface area contributed by atoms with Crippen molar-refractivity contribution in [2.24, 2.45) is 11.7 Å². The first-order valence-electron chi connectivity index (χ1n) is 6.38. The van der Waals surface area contributed by atoms with Gasteiger partial charge in [0.15, 0.2) is 0 Å². The predicted molar refractivity (Wildman–Crippen MR) is 79.6 cm³/mol. The molecule has 0 spiro atoms. The Morgan fingerprint density at radius 2 is 2.05 bits per heavy atom. The van der Waals surface area contributed by atoms with Crippen molar-refractivity contribution in [2.45, 2.75) is 26.7 Å². The van der Waals surface area contributed by atoms with E-state index in [1.165, 1.54) is 11.0 Å². The number of carbonyl (C=O) groups excluding carboxylic acids is 1. The zero-order chi connectivity index (χ0) is 14.4. The van der Waals surface area contributed by atoms with Crippen LogP contribution in [-0.2, 0) is 4.79 Å². The monoisotopic (exact) mass is 282 g/mol. The summed E-state index contributed by atoms with van der Waals surface area (Å²) < 4.78 is 13.8. The number of benzene rings is 1. The highest BCUT2D eigenvalue weighted by Gasteiger charge is 2.27. The molecular weight excluding hydrogens is 263 g/mol. The second kappa shape index (κ2) is 7.19. The first-order valence-corrected chi connectivity index (χ1v) is 6.78. The lowest BCUT2D eigenvalue weighted by molar-refractivity contribution is -0.120. The Morgan fingerprint density at radius 3 is 2.53 bits per heavy atom. The number of nitrogens with zero attached hydrogens (tertiary/aromatic N) is 1. The molecule has 1 amide bonds. The Bertz CT molecular complexity index is 465. The first-order chi connectivity index (χ1) is 9.02. The Kier molecular flexibility index (Phi) is 5.89. The average Bonchev–Trinajstić information content (AvgIpc) is 2.38. The van der Waals surface area contributed by atoms with Gasteiger partial charge in [0.1, 0.15) is 5.82 Å². The summed E-state index contributed by atoms with van der Waals surface area (Å²) in [5, 5.41) is 0. The van der Waals surface area contributed by atoms with Crippen LogP contribution in [0.15, 0.2) is 24.3 Å². The number of halogens is 1. The van der Waals surface area contributed by atoms with Gasteiger partial charge in [0.25, 0.3) is 0 Å². The fourth-order valence-electron chi connectivity index (χ4n) is 1.98. The lowest BCUT2D eigenvalue weighted by Gasteiger charge is -2.26. The molecule has 0 aliphatic carbocycles. The topological polar surface area (TPSA) is 46.3 Å². The van der Waals surface area contributed by atoms with Crippen LogP contribution < -0.4 is 10.6 Å². The number of anilines is 1. The third-order valence-electron chi connectivity index (χ3n) is 2.94. The van der Waals surface area contributed by atoms with E-state index in [4.69, 9.17) is 18.0 Å². The molecule has 5 heteroatoms. The van der Waals surface area contributed by atoms with E-state index >= 15 is 0 Å². The number of hydrogen-bond donors (Lipinski definition) is 1. The summed E-state index contributed by atoms with van der Waals surface area (Å²) in [6, 6.07) is 6.21. The molecule has 1 rings (SSSR count). The fraction of sp³-hybridized carbons (Fsp3) is 0.429. The SMILES string of the molecule is CCCC(C(=O)N(CC)c1ccccc1F)C(N)=S. The number of para-hydroxylation sites is 1. The van der Waals surface area contributed by atoms with Gasteiger partial charge in [-0.2, -0.15) is 0 Å². The minimum atomic E-state index is -0.528. The van der Waals surface area contributed by atoms with Crippen LogP contribution in [0.2, 0.25) is 0 Å². The van der Waals surface area contributed by atoms with Crippen molar-refractivity contribution in [2.75, 3.05) is 11.4 Å². The van der Waals surface area contributed by atoms with Crippen LogP contribution in [0.5, 0.6) is 0 Å². The van der Waals surface area contributed by atoms with Crippen LogP contribution >= 0.6 is 12.2 Å². The summed E-state index contributed by atoms with van der Waals surface area (Å²) >= 11 is 4.95. The quantitative estimate of drug-likeness (QED) is 0.816. The Labute approximate surface area is 118 Å². The fourth-order valence-corrected chi connectivity index (χ4v) is 2.20. The van der Waals surface area contributed by atoms with E-state index in [0.717, 1.165) is 6.42 Å². The first kappa shape index (κ1) is 15.6. The summed E-state index contributed by atoms with van der Waals surface area (Å²) in [7, 11) is 0. The van der Waals surface area contributed by atoms with Crippen LogP contribution in [0.25, 0.3) is 0 Å².